The number of ether oxygens (including phenoxy) is 8. The van der Waals surface area contributed by atoms with Crippen molar-refractivity contribution in [2.75, 3.05) is 13.2 Å². The zero-order chi connectivity index (χ0) is 48.2. The summed E-state index contributed by atoms with van der Waals surface area (Å²) in [6, 6.07) is 26.9. The summed E-state index contributed by atoms with van der Waals surface area (Å²) in [5.41, 5.74) is 0.571. The van der Waals surface area contributed by atoms with Gasteiger partial charge in [-0.05, 0) is 27.1 Å². The lowest BCUT2D eigenvalue weighted by Gasteiger charge is -2.50. The van der Waals surface area contributed by atoms with Crippen LogP contribution in [0.3, 0.4) is 0 Å². The second-order valence-corrected chi connectivity index (χ2v) is 21.4. The molecule has 17 nitrogen and oxygen atoms in total. The highest BCUT2D eigenvalue weighted by atomic mass is 28.4. The Morgan fingerprint density at radius 3 is 1.88 bits per heavy atom. The van der Waals surface area contributed by atoms with E-state index < -0.39 is 117 Å². The highest BCUT2D eigenvalue weighted by Gasteiger charge is 2.61. The third kappa shape index (κ3) is 12.7. The molecule has 1 amide bonds. The molecule has 3 aromatic carbocycles. The van der Waals surface area contributed by atoms with Crippen molar-refractivity contribution in [3.63, 3.8) is 0 Å². The van der Waals surface area contributed by atoms with E-state index in [1.54, 1.807) is 30.3 Å². The first-order valence-electron chi connectivity index (χ1n) is 21.5. The second kappa shape index (κ2) is 22.5. The first-order chi connectivity index (χ1) is 31.3. The standard InChI is InChI=1S/C48H59NO16Si/c1-30(50)49-42-39(61-32(3)52)26-48(46(56)59-27-35-18-12-9-13-19-35,65-45(42)44(63-34(5)54)41(62-33(4)53)28-58-31(2)51)64-38-24-25-57-40(43(38)55)29-60-66(47(6,7)8,36-20-14-10-15-21-36)37-22-16-11-17-23-37/h9-25,38-45,55H,26-29H2,1-8H3,(H,49,50)/t38-,39+,40-,41-,42-,43-,44-,45-,48-/m1/s1. The number of hydrogen-bond donors (Lipinski definition) is 2. The fourth-order valence-corrected chi connectivity index (χ4v) is 12.8. The number of esters is 5. The van der Waals surface area contributed by atoms with Gasteiger partial charge in [-0.1, -0.05) is 112 Å². The van der Waals surface area contributed by atoms with Crippen LogP contribution in [-0.2, 0) is 77.7 Å². The van der Waals surface area contributed by atoms with Crippen molar-refractivity contribution >= 4 is 54.4 Å². The molecule has 3 aromatic rings. The molecule has 9 atom stereocenters. The molecule has 0 aromatic heterocycles. The van der Waals surface area contributed by atoms with Crippen LogP contribution < -0.4 is 15.7 Å². The van der Waals surface area contributed by atoms with Gasteiger partial charge in [0, 0.05) is 34.6 Å². The fourth-order valence-electron chi connectivity index (χ4n) is 8.26. The molecule has 1 fully saturated rings. The maximum Gasteiger partial charge on any atom is 0.367 e. The van der Waals surface area contributed by atoms with Crippen LogP contribution in [-0.4, -0.2) is 117 Å². The van der Waals surface area contributed by atoms with Crippen LogP contribution in [0.25, 0.3) is 0 Å². The largest absolute Gasteiger partial charge is 0.493 e. The third-order valence-corrected chi connectivity index (χ3v) is 16.0. The number of aliphatic hydroxyl groups excluding tert-OH is 1. The van der Waals surface area contributed by atoms with Crippen LogP contribution in [0.2, 0.25) is 5.04 Å². The number of amides is 1. The summed E-state index contributed by atoms with van der Waals surface area (Å²) in [4.78, 5) is 78.0. The molecule has 2 N–H and O–H groups in total. The molecule has 0 bridgehead atoms. The molecule has 2 aliphatic rings. The maximum atomic E-state index is 14.8. The van der Waals surface area contributed by atoms with Gasteiger partial charge in [-0.25, -0.2) is 4.79 Å². The van der Waals surface area contributed by atoms with Crippen molar-refractivity contribution in [2.24, 2.45) is 0 Å². The zero-order valence-electron chi connectivity index (χ0n) is 38.3. The Morgan fingerprint density at radius 1 is 0.788 bits per heavy atom. The van der Waals surface area contributed by atoms with Gasteiger partial charge in [-0.2, -0.15) is 0 Å². The van der Waals surface area contributed by atoms with Crippen molar-refractivity contribution in [3.8, 4) is 0 Å². The van der Waals surface area contributed by atoms with Gasteiger partial charge < -0.3 is 52.7 Å². The molecule has 356 valence electrons. The molecule has 0 radical (unpaired) electrons. The Labute approximate surface area is 385 Å². The number of hydrogen-bond acceptors (Lipinski definition) is 16. The van der Waals surface area contributed by atoms with Crippen molar-refractivity contribution in [1.82, 2.24) is 5.32 Å². The molecule has 0 unspecified atom stereocenters. The summed E-state index contributed by atoms with van der Waals surface area (Å²) in [5.74, 6) is -7.95. The maximum absolute atomic E-state index is 14.8. The lowest BCUT2D eigenvalue weighted by Crippen LogP contribution is -2.70. The normalized spacial score (nSPS) is 23.8. The van der Waals surface area contributed by atoms with Crippen LogP contribution in [0.5, 0.6) is 0 Å². The van der Waals surface area contributed by atoms with Gasteiger partial charge in [0.15, 0.2) is 12.2 Å². The van der Waals surface area contributed by atoms with E-state index in [1.165, 1.54) is 12.3 Å². The van der Waals surface area contributed by atoms with Gasteiger partial charge in [-0.15, -0.1) is 0 Å². The summed E-state index contributed by atoms with van der Waals surface area (Å²) >= 11 is 0. The van der Waals surface area contributed by atoms with Crippen molar-refractivity contribution in [1.29, 1.82) is 0 Å². The summed E-state index contributed by atoms with van der Waals surface area (Å²) < 4.78 is 54.4. The molecule has 0 saturated carbocycles. The van der Waals surface area contributed by atoms with Gasteiger partial charge in [-0.3, -0.25) is 24.0 Å². The summed E-state index contributed by atoms with van der Waals surface area (Å²) in [6.45, 7) is 10.6. The lowest BCUT2D eigenvalue weighted by molar-refractivity contribution is -0.330. The summed E-state index contributed by atoms with van der Waals surface area (Å²) in [7, 11) is -3.17. The first-order valence-corrected chi connectivity index (χ1v) is 23.4. The van der Waals surface area contributed by atoms with Crippen molar-refractivity contribution in [3.05, 3.63) is 109 Å². The van der Waals surface area contributed by atoms with Crippen molar-refractivity contribution in [2.45, 2.75) is 128 Å². The molecule has 1 saturated heterocycles. The predicted octanol–water partition coefficient (Wildman–Crippen LogP) is 3.31. The van der Waals surface area contributed by atoms with E-state index in [1.807, 2.05) is 60.7 Å². The fraction of sp³-hybridized carbons (Fsp3) is 0.458. The van der Waals surface area contributed by atoms with E-state index in [2.05, 4.69) is 26.1 Å². The minimum absolute atomic E-state index is 0.150. The van der Waals surface area contributed by atoms with Crippen LogP contribution in [0.4, 0.5) is 0 Å². The molecule has 18 heteroatoms. The van der Waals surface area contributed by atoms with E-state index in [0.717, 1.165) is 45.0 Å². The monoisotopic (exact) mass is 933 g/mol. The molecule has 0 spiro atoms. The SMILES string of the molecule is CC(=O)N[C@H]1[C@H]([C@H](OC(C)=O)[C@@H](COC(C)=O)OC(C)=O)O[C@@](O[C@@H]2C=CO[C@H](CO[Si](c3ccccc3)(c3ccccc3)C(C)(C)C)[C@@H]2O)(C(=O)OCc2ccccc2)C[C@@H]1OC(C)=O. The minimum atomic E-state index is -3.17. The Bertz CT molecular complexity index is 2130. The highest BCUT2D eigenvalue weighted by Crippen LogP contribution is 2.40. The Morgan fingerprint density at radius 2 is 1.36 bits per heavy atom. The number of carbonyl (C=O) groups excluding carboxylic acids is 6. The molecule has 2 heterocycles. The zero-order valence-corrected chi connectivity index (χ0v) is 39.3. The van der Waals surface area contributed by atoms with Crippen LogP contribution in [0, 0.1) is 0 Å². The molecule has 0 aliphatic carbocycles. The smallest absolute Gasteiger partial charge is 0.367 e. The number of nitrogens with one attached hydrogen (secondary N) is 1. The number of carbonyl (C=O) groups is 6. The quantitative estimate of drug-likeness (QED) is 0.106. The average Bonchev–Trinajstić information content (AvgIpc) is 3.25. The summed E-state index contributed by atoms with van der Waals surface area (Å²) in [6.07, 6.45) is -8.79. The van der Waals surface area contributed by atoms with Gasteiger partial charge >= 0.3 is 29.8 Å². The van der Waals surface area contributed by atoms with E-state index in [9.17, 15) is 33.9 Å². The van der Waals surface area contributed by atoms with E-state index >= 15 is 0 Å². The van der Waals surface area contributed by atoms with Gasteiger partial charge in [0.2, 0.25) is 5.91 Å². The van der Waals surface area contributed by atoms with Gasteiger partial charge in [0.05, 0.1) is 25.3 Å². The topological polar surface area (TPSA) is 218 Å². The number of aliphatic hydroxyl groups is 1. The molecule has 2 aliphatic heterocycles. The summed E-state index contributed by atoms with van der Waals surface area (Å²) in [5, 5.41) is 16.4. The molecular weight excluding hydrogens is 875 g/mol. The first kappa shape index (κ1) is 51.1. The third-order valence-electron chi connectivity index (χ3n) is 11.0. The predicted molar refractivity (Wildman–Crippen MR) is 238 cm³/mol. The van der Waals surface area contributed by atoms with Crippen LogP contribution in [0.15, 0.2) is 103 Å². The molecule has 5 rings (SSSR count). The Kier molecular flexibility index (Phi) is 17.4. The Hall–Kier alpha value is -5.92. The van der Waals surface area contributed by atoms with Crippen LogP contribution in [0.1, 0.15) is 67.4 Å². The number of benzene rings is 3. The molecular formula is C48H59NO16Si. The van der Waals surface area contributed by atoms with Gasteiger partial charge in [0.25, 0.3) is 14.1 Å². The molecule has 66 heavy (non-hydrogen) atoms. The number of rotatable bonds is 18. The van der Waals surface area contributed by atoms with Crippen LogP contribution >= 0.6 is 0 Å². The van der Waals surface area contributed by atoms with E-state index in [4.69, 9.17) is 42.3 Å². The van der Waals surface area contributed by atoms with E-state index in [-0.39, 0.29) is 13.2 Å². The highest BCUT2D eigenvalue weighted by molar-refractivity contribution is 6.99. The second-order valence-electron chi connectivity index (χ2n) is 17.1. The lowest BCUT2D eigenvalue weighted by atomic mass is 9.87. The average molecular weight is 934 g/mol. The Balaban J connectivity index is 1.61. The van der Waals surface area contributed by atoms with E-state index in [0.29, 0.717) is 5.56 Å². The van der Waals surface area contributed by atoms with Gasteiger partial charge in [0.1, 0.15) is 43.7 Å². The van der Waals surface area contributed by atoms with Crippen molar-refractivity contribution < 1.29 is 76.2 Å². The minimum Gasteiger partial charge on any atom is -0.493 e.